The molecule has 0 aliphatic carbocycles. The number of esters is 1. The number of carbonyl (C=O) groups is 1. The second kappa shape index (κ2) is 7.37. The van der Waals surface area contributed by atoms with Crippen LogP contribution in [0.1, 0.15) is 15.9 Å². The van der Waals surface area contributed by atoms with Gasteiger partial charge in [-0.2, -0.15) is 5.10 Å². The highest BCUT2D eigenvalue weighted by Gasteiger charge is 2.17. The first-order valence-electron chi connectivity index (χ1n) is 8.54. The molecular weight excluding hydrogens is 404 g/mol. The fourth-order valence-electron chi connectivity index (χ4n) is 3.17. The van der Waals surface area contributed by atoms with Gasteiger partial charge in [-0.05, 0) is 28.8 Å². The summed E-state index contributed by atoms with van der Waals surface area (Å²) in [5.41, 5.74) is 4.74. The summed E-state index contributed by atoms with van der Waals surface area (Å²) in [4.78, 5) is 12.2. The Morgan fingerprint density at radius 1 is 1.00 bits per heavy atom. The summed E-state index contributed by atoms with van der Waals surface area (Å²) in [6.07, 6.45) is 1.77. The Balaban J connectivity index is 1.70. The molecule has 0 radical (unpaired) electrons. The highest BCUT2D eigenvalue weighted by Crippen LogP contribution is 2.28. The lowest BCUT2D eigenvalue weighted by molar-refractivity contribution is 0.0602. The maximum absolute atomic E-state index is 12.2. The van der Waals surface area contributed by atoms with Crippen LogP contribution in [0.15, 0.2) is 77.4 Å². The van der Waals surface area contributed by atoms with Crippen molar-refractivity contribution in [2.75, 3.05) is 7.11 Å². The van der Waals surface area contributed by atoms with E-state index in [0.717, 1.165) is 20.9 Å². The topological polar surface area (TPSA) is 44.1 Å². The van der Waals surface area contributed by atoms with E-state index in [1.807, 2.05) is 28.9 Å². The van der Waals surface area contributed by atoms with E-state index in [-0.39, 0.29) is 5.97 Å². The second-order valence-corrected chi connectivity index (χ2v) is 7.07. The van der Waals surface area contributed by atoms with Gasteiger partial charge in [0.1, 0.15) is 0 Å². The van der Waals surface area contributed by atoms with Crippen LogP contribution in [-0.4, -0.2) is 22.9 Å². The van der Waals surface area contributed by atoms with Gasteiger partial charge in [-0.15, -0.1) is 0 Å². The highest BCUT2D eigenvalue weighted by atomic mass is 79.9. The Morgan fingerprint density at radius 3 is 2.41 bits per heavy atom. The molecule has 0 unspecified atom stereocenters. The summed E-state index contributed by atoms with van der Waals surface area (Å²) in [6, 6.07) is 22.3. The molecule has 27 heavy (non-hydrogen) atoms. The number of benzene rings is 3. The average Bonchev–Trinajstić information content (AvgIpc) is 3.13. The molecule has 0 amide bonds. The van der Waals surface area contributed by atoms with Crippen molar-refractivity contribution < 1.29 is 9.53 Å². The predicted octanol–water partition coefficient (Wildman–Crippen LogP) is 5.30. The summed E-state index contributed by atoms with van der Waals surface area (Å²) >= 11 is 3.53. The maximum atomic E-state index is 12.2. The molecule has 0 saturated heterocycles. The number of halogens is 1. The molecule has 4 nitrogen and oxygen atoms in total. The number of hydrogen-bond acceptors (Lipinski definition) is 3. The molecule has 4 rings (SSSR count). The number of fused-ring (bicyclic) bond motifs is 1. The second-order valence-electron chi connectivity index (χ2n) is 6.21. The van der Waals surface area contributed by atoms with Crippen molar-refractivity contribution in [1.82, 2.24) is 9.78 Å². The lowest BCUT2D eigenvalue weighted by Gasteiger charge is -2.09. The zero-order valence-corrected chi connectivity index (χ0v) is 16.3. The van der Waals surface area contributed by atoms with Gasteiger partial charge in [0.05, 0.1) is 30.9 Å². The van der Waals surface area contributed by atoms with Crippen molar-refractivity contribution in [2.24, 2.45) is 0 Å². The van der Waals surface area contributed by atoms with Gasteiger partial charge in [0.25, 0.3) is 0 Å². The SMILES string of the molecule is COC(=O)c1ccc(Br)c2cnn(Cc3ccc(-c4ccccc4)cc3)c12. The predicted molar refractivity (Wildman–Crippen MR) is 110 cm³/mol. The molecule has 0 aliphatic heterocycles. The third-order valence-corrected chi connectivity index (χ3v) is 5.24. The number of methoxy groups -OCH3 is 1. The van der Waals surface area contributed by atoms with Crippen LogP contribution in [0.25, 0.3) is 22.0 Å². The molecule has 1 aromatic heterocycles. The number of ether oxygens (including phenoxy) is 1. The highest BCUT2D eigenvalue weighted by molar-refractivity contribution is 9.10. The molecule has 1 heterocycles. The van der Waals surface area contributed by atoms with Crippen LogP contribution in [0.5, 0.6) is 0 Å². The largest absolute Gasteiger partial charge is 0.465 e. The van der Waals surface area contributed by atoms with E-state index in [9.17, 15) is 4.79 Å². The van der Waals surface area contributed by atoms with Gasteiger partial charge in [0, 0.05) is 9.86 Å². The molecule has 3 aromatic carbocycles. The Hall–Kier alpha value is -2.92. The van der Waals surface area contributed by atoms with Crippen LogP contribution < -0.4 is 0 Å². The molecule has 134 valence electrons. The summed E-state index contributed by atoms with van der Waals surface area (Å²) in [5.74, 6) is -0.367. The third-order valence-electron chi connectivity index (χ3n) is 4.55. The van der Waals surface area contributed by atoms with Gasteiger partial charge in [0.2, 0.25) is 0 Å². The zero-order valence-electron chi connectivity index (χ0n) is 14.7. The van der Waals surface area contributed by atoms with Crippen LogP contribution >= 0.6 is 15.9 Å². The molecule has 4 aromatic rings. The standard InChI is InChI=1S/C22H17BrN2O2/c1-27-22(26)18-11-12-20(23)19-13-24-25(21(18)19)14-15-7-9-17(10-8-15)16-5-3-2-4-6-16/h2-13H,14H2,1H3. The zero-order chi connectivity index (χ0) is 18.8. The summed E-state index contributed by atoms with van der Waals surface area (Å²) in [5, 5.41) is 5.38. The molecule has 0 N–H and O–H groups in total. The maximum Gasteiger partial charge on any atom is 0.340 e. The van der Waals surface area contributed by atoms with Gasteiger partial charge >= 0.3 is 5.97 Å². The van der Waals surface area contributed by atoms with Crippen molar-refractivity contribution in [3.63, 3.8) is 0 Å². The van der Waals surface area contributed by atoms with E-state index < -0.39 is 0 Å². The van der Waals surface area contributed by atoms with E-state index >= 15 is 0 Å². The number of hydrogen-bond donors (Lipinski definition) is 0. The van der Waals surface area contributed by atoms with Crippen LogP contribution in [0.3, 0.4) is 0 Å². The summed E-state index contributed by atoms with van der Waals surface area (Å²) in [7, 11) is 1.39. The lowest BCUT2D eigenvalue weighted by atomic mass is 10.0. The Labute approximate surface area is 165 Å². The molecule has 0 aliphatic rings. The first-order valence-corrected chi connectivity index (χ1v) is 9.33. The van der Waals surface area contributed by atoms with E-state index in [1.54, 1.807) is 12.3 Å². The lowest BCUT2D eigenvalue weighted by Crippen LogP contribution is -2.08. The molecule has 0 saturated carbocycles. The number of nitrogens with zero attached hydrogens (tertiary/aromatic N) is 2. The van der Waals surface area contributed by atoms with Crippen molar-refractivity contribution in [3.05, 3.63) is 88.5 Å². The minimum absolute atomic E-state index is 0.367. The molecular formula is C22H17BrN2O2. The van der Waals surface area contributed by atoms with Crippen LogP contribution in [0, 0.1) is 0 Å². The number of aromatic nitrogens is 2. The molecule has 0 spiro atoms. The smallest absolute Gasteiger partial charge is 0.340 e. The molecule has 0 fully saturated rings. The van der Waals surface area contributed by atoms with Crippen molar-refractivity contribution in [2.45, 2.75) is 6.54 Å². The molecule has 0 bridgehead atoms. The first kappa shape index (κ1) is 17.5. The third kappa shape index (κ3) is 3.38. The van der Waals surface area contributed by atoms with Crippen molar-refractivity contribution >= 4 is 32.8 Å². The average molecular weight is 421 g/mol. The van der Waals surface area contributed by atoms with Gasteiger partial charge in [-0.25, -0.2) is 4.79 Å². The van der Waals surface area contributed by atoms with Crippen LogP contribution in [0.4, 0.5) is 0 Å². The fourth-order valence-corrected chi connectivity index (χ4v) is 3.59. The Kier molecular flexibility index (Phi) is 4.77. The summed E-state index contributed by atoms with van der Waals surface area (Å²) in [6.45, 7) is 0.568. The van der Waals surface area contributed by atoms with Gasteiger partial charge < -0.3 is 4.74 Å². The summed E-state index contributed by atoms with van der Waals surface area (Å²) < 4.78 is 7.66. The van der Waals surface area contributed by atoms with Gasteiger partial charge in [-0.1, -0.05) is 70.5 Å². The van der Waals surface area contributed by atoms with E-state index in [0.29, 0.717) is 12.1 Å². The number of rotatable bonds is 4. The minimum Gasteiger partial charge on any atom is -0.465 e. The first-order chi connectivity index (χ1) is 13.2. The monoisotopic (exact) mass is 420 g/mol. The van der Waals surface area contributed by atoms with Crippen LogP contribution in [-0.2, 0) is 11.3 Å². The van der Waals surface area contributed by atoms with E-state index in [1.165, 1.54) is 18.2 Å². The Morgan fingerprint density at radius 2 is 1.70 bits per heavy atom. The quantitative estimate of drug-likeness (QED) is 0.420. The number of carbonyl (C=O) groups excluding carboxylic acids is 1. The molecule has 0 atom stereocenters. The molecule has 5 heteroatoms. The minimum atomic E-state index is -0.367. The normalized spacial score (nSPS) is 10.9. The van der Waals surface area contributed by atoms with Crippen molar-refractivity contribution in [3.8, 4) is 11.1 Å². The van der Waals surface area contributed by atoms with Gasteiger partial charge in [0.15, 0.2) is 0 Å². The fraction of sp³-hybridized carbons (Fsp3) is 0.0909. The van der Waals surface area contributed by atoms with E-state index in [4.69, 9.17) is 4.74 Å². The Bertz CT molecular complexity index is 1100. The van der Waals surface area contributed by atoms with Gasteiger partial charge in [-0.3, -0.25) is 4.68 Å². The van der Waals surface area contributed by atoms with Crippen LogP contribution in [0.2, 0.25) is 0 Å². The van der Waals surface area contributed by atoms with Crippen molar-refractivity contribution in [1.29, 1.82) is 0 Å². The van der Waals surface area contributed by atoms with E-state index in [2.05, 4.69) is 57.4 Å².